The van der Waals surface area contributed by atoms with Crippen LogP contribution in [0.4, 0.5) is 0 Å². The average molecular weight is 562 g/mol. The van der Waals surface area contributed by atoms with E-state index in [0.717, 1.165) is 5.92 Å². The first-order chi connectivity index (χ1) is 19.8. The van der Waals surface area contributed by atoms with Gasteiger partial charge in [-0.05, 0) is 37.5 Å². The van der Waals surface area contributed by atoms with Crippen molar-refractivity contribution in [1.82, 2.24) is 0 Å². The van der Waals surface area contributed by atoms with Crippen LogP contribution in [0.5, 0.6) is 0 Å². The fourth-order valence-electron chi connectivity index (χ4n) is 6.75. The molecule has 0 N–H and O–H groups in total. The highest BCUT2D eigenvalue weighted by Gasteiger charge is 2.21. The molecule has 0 aliphatic rings. The summed E-state index contributed by atoms with van der Waals surface area (Å²) in [6, 6.07) is 0. The first-order valence-electron chi connectivity index (χ1n) is 19.6. The smallest absolute Gasteiger partial charge is 0.0210 e. The third-order valence-electron chi connectivity index (χ3n) is 9.59. The maximum absolute atomic E-state index is 2.34. The van der Waals surface area contributed by atoms with Crippen LogP contribution in [0.1, 0.15) is 246 Å². The predicted molar refractivity (Wildman–Crippen MR) is 186 cm³/mol. The zero-order chi connectivity index (χ0) is 29.2. The van der Waals surface area contributed by atoms with Gasteiger partial charge < -0.3 is 0 Å². The van der Waals surface area contributed by atoms with E-state index >= 15 is 0 Å². The van der Waals surface area contributed by atoms with Crippen molar-refractivity contribution >= 4 is 0 Å². The van der Waals surface area contributed by atoms with Crippen LogP contribution in [-0.4, -0.2) is 0 Å². The summed E-state index contributed by atoms with van der Waals surface area (Å²) in [5, 5.41) is 0. The Hall–Kier alpha value is 0. The molecule has 1 atom stereocenters. The molecule has 0 aromatic rings. The summed E-state index contributed by atoms with van der Waals surface area (Å²) in [6.45, 7) is 9.34. The lowest BCUT2D eigenvalue weighted by Gasteiger charge is -2.28. The number of hydrogen-bond acceptors (Lipinski definition) is 0. The summed E-state index contributed by atoms with van der Waals surface area (Å²) in [6.07, 6.45) is 49.7. The lowest BCUT2D eigenvalue weighted by atomic mass is 9.78. The molecule has 0 aromatic carbocycles. The van der Waals surface area contributed by atoms with E-state index in [1.165, 1.54) is 218 Å². The van der Waals surface area contributed by atoms with E-state index in [1.807, 2.05) is 5.92 Å². The molecular weight excluding hydrogens is 480 g/mol. The number of rotatable bonds is 35. The second-order valence-corrected chi connectivity index (χ2v) is 13.6. The van der Waals surface area contributed by atoms with Crippen LogP contribution in [0.3, 0.4) is 0 Å². The molecule has 0 saturated heterocycles. The standard InChI is InChI=1S/C40H81/c1-5-9-13-17-21-23-25-29-33-37-39(35-31-27-19-15-11-7-3)40(36-32-28-20-16-12-8-4)38-34-30-26-24-22-18-14-10-6-2/h39H,5-38H2,1-4H3. The average Bonchev–Trinajstić information content (AvgIpc) is 2.96. The van der Waals surface area contributed by atoms with E-state index in [4.69, 9.17) is 0 Å². The first-order valence-corrected chi connectivity index (χ1v) is 19.6. The van der Waals surface area contributed by atoms with E-state index in [2.05, 4.69) is 27.7 Å². The topological polar surface area (TPSA) is 0 Å². The Morgan fingerprint density at radius 1 is 0.275 bits per heavy atom. The Labute approximate surface area is 257 Å². The lowest BCUT2D eigenvalue weighted by Crippen LogP contribution is -2.14. The molecule has 241 valence electrons. The van der Waals surface area contributed by atoms with Gasteiger partial charge in [0.05, 0.1) is 0 Å². The van der Waals surface area contributed by atoms with Gasteiger partial charge in [0.15, 0.2) is 0 Å². The van der Waals surface area contributed by atoms with Gasteiger partial charge in [0.25, 0.3) is 0 Å². The maximum Gasteiger partial charge on any atom is -0.0210 e. The van der Waals surface area contributed by atoms with Gasteiger partial charge in [0.2, 0.25) is 0 Å². The quantitative estimate of drug-likeness (QED) is 0.0675. The third kappa shape index (κ3) is 29.5. The van der Waals surface area contributed by atoms with Crippen LogP contribution in [0.2, 0.25) is 0 Å². The van der Waals surface area contributed by atoms with Crippen LogP contribution < -0.4 is 0 Å². The van der Waals surface area contributed by atoms with Gasteiger partial charge in [0.1, 0.15) is 0 Å². The Morgan fingerprint density at radius 3 is 0.775 bits per heavy atom. The summed E-state index contributed by atoms with van der Waals surface area (Å²) in [5.74, 6) is 2.96. The third-order valence-corrected chi connectivity index (χ3v) is 9.59. The summed E-state index contributed by atoms with van der Waals surface area (Å²) in [5.41, 5.74) is 0. The summed E-state index contributed by atoms with van der Waals surface area (Å²) >= 11 is 0. The van der Waals surface area contributed by atoms with Gasteiger partial charge in [-0.3, -0.25) is 0 Å². The van der Waals surface area contributed by atoms with Gasteiger partial charge in [-0.15, -0.1) is 0 Å². The van der Waals surface area contributed by atoms with Gasteiger partial charge >= 0.3 is 0 Å². The molecule has 0 bridgehead atoms. The Bertz CT molecular complexity index is 386. The molecular formula is C40H81. The van der Waals surface area contributed by atoms with E-state index in [9.17, 15) is 0 Å². The van der Waals surface area contributed by atoms with Crippen molar-refractivity contribution in [3.63, 3.8) is 0 Å². The summed E-state index contributed by atoms with van der Waals surface area (Å²) < 4.78 is 0. The second-order valence-electron chi connectivity index (χ2n) is 13.6. The molecule has 0 aliphatic carbocycles. The van der Waals surface area contributed by atoms with Crippen molar-refractivity contribution in [2.45, 2.75) is 246 Å². The number of unbranched alkanes of at least 4 members (excludes halogenated alkanes) is 26. The van der Waals surface area contributed by atoms with Crippen LogP contribution >= 0.6 is 0 Å². The highest BCUT2D eigenvalue weighted by atomic mass is 14.3. The molecule has 1 unspecified atom stereocenters. The van der Waals surface area contributed by atoms with Crippen LogP contribution in [0.25, 0.3) is 0 Å². The predicted octanol–water partition coefficient (Wildman–Crippen LogP) is 15.5. The molecule has 0 rings (SSSR count). The molecule has 0 fully saturated rings. The lowest BCUT2D eigenvalue weighted by molar-refractivity contribution is 0.371. The fraction of sp³-hybridized carbons (Fsp3) is 0.975. The minimum absolute atomic E-state index is 0.945. The van der Waals surface area contributed by atoms with E-state index in [0.29, 0.717) is 0 Å². The van der Waals surface area contributed by atoms with Gasteiger partial charge in [-0.1, -0.05) is 220 Å². The minimum Gasteiger partial charge on any atom is -0.0654 e. The van der Waals surface area contributed by atoms with Crippen molar-refractivity contribution in [1.29, 1.82) is 0 Å². The molecule has 0 aliphatic heterocycles. The number of hydrogen-bond donors (Lipinski definition) is 0. The molecule has 1 radical (unpaired) electrons. The SMILES string of the molecule is CCCCCCCCCCC[C](CCCCCCCC)C(CCCCCCCC)CCCCCCCCCCC. The van der Waals surface area contributed by atoms with Crippen LogP contribution in [0, 0.1) is 11.8 Å². The van der Waals surface area contributed by atoms with Crippen LogP contribution in [0.15, 0.2) is 0 Å². The van der Waals surface area contributed by atoms with E-state index < -0.39 is 0 Å². The van der Waals surface area contributed by atoms with Crippen LogP contribution in [-0.2, 0) is 0 Å². The molecule has 0 nitrogen and oxygen atoms in total. The molecule has 0 heteroatoms. The van der Waals surface area contributed by atoms with Crippen molar-refractivity contribution in [3.8, 4) is 0 Å². The molecule has 0 saturated carbocycles. The Balaban J connectivity index is 4.66. The van der Waals surface area contributed by atoms with Crippen molar-refractivity contribution < 1.29 is 0 Å². The Kier molecular flexibility index (Phi) is 35.2. The minimum atomic E-state index is 0.945. The monoisotopic (exact) mass is 562 g/mol. The van der Waals surface area contributed by atoms with Crippen molar-refractivity contribution in [2.24, 2.45) is 5.92 Å². The van der Waals surface area contributed by atoms with Gasteiger partial charge in [0, 0.05) is 0 Å². The highest BCUT2D eigenvalue weighted by Crippen LogP contribution is 2.35. The van der Waals surface area contributed by atoms with Gasteiger partial charge in [-0.25, -0.2) is 0 Å². The zero-order valence-electron chi connectivity index (χ0n) is 29.1. The zero-order valence-corrected chi connectivity index (χ0v) is 29.1. The molecule has 40 heavy (non-hydrogen) atoms. The van der Waals surface area contributed by atoms with Crippen molar-refractivity contribution in [2.75, 3.05) is 0 Å². The Morgan fingerprint density at radius 2 is 0.500 bits per heavy atom. The van der Waals surface area contributed by atoms with E-state index in [1.54, 1.807) is 0 Å². The second kappa shape index (κ2) is 35.2. The molecule has 0 amide bonds. The van der Waals surface area contributed by atoms with E-state index in [-0.39, 0.29) is 0 Å². The molecule has 0 aromatic heterocycles. The fourth-order valence-corrected chi connectivity index (χ4v) is 6.75. The first kappa shape index (κ1) is 40.0. The highest BCUT2D eigenvalue weighted by molar-refractivity contribution is 4.96. The van der Waals surface area contributed by atoms with Crippen molar-refractivity contribution in [3.05, 3.63) is 5.92 Å². The summed E-state index contributed by atoms with van der Waals surface area (Å²) in [7, 11) is 0. The largest absolute Gasteiger partial charge is 0.0654 e. The molecule has 0 heterocycles. The summed E-state index contributed by atoms with van der Waals surface area (Å²) in [4.78, 5) is 0. The normalized spacial score (nSPS) is 12.5. The van der Waals surface area contributed by atoms with Gasteiger partial charge in [-0.2, -0.15) is 0 Å². The molecule has 0 spiro atoms. The maximum atomic E-state index is 2.34.